The molecule has 2 atom stereocenters. The Kier molecular flexibility index (Phi) is 8.56. The fourth-order valence-corrected chi connectivity index (χ4v) is 4.68. The molecule has 1 heterocycles. The lowest BCUT2D eigenvalue weighted by Crippen LogP contribution is -2.25. The van der Waals surface area contributed by atoms with Gasteiger partial charge in [0.15, 0.2) is 0 Å². The van der Waals surface area contributed by atoms with E-state index in [1.165, 1.54) is 0 Å². The average Bonchev–Trinajstić information content (AvgIpc) is 3.12. The number of rotatable bonds is 10. The van der Waals surface area contributed by atoms with Gasteiger partial charge in [0.05, 0.1) is 25.2 Å². The van der Waals surface area contributed by atoms with Gasteiger partial charge in [0.2, 0.25) is 0 Å². The molecule has 2 aromatic carbocycles. The first-order valence-electron chi connectivity index (χ1n) is 12.2. The predicted molar refractivity (Wildman–Crippen MR) is 135 cm³/mol. The first kappa shape index (κ1) is 26.7. The second kappa shape index (κ2) is 11.2. The van der Waals surface area contributed by atoms with Crippen LogP contribution in [0.3, 0.4) is 0 Å². The third kappa shape index (κ3) is 6.61. The first-order chi connectivity index (χ1) is 16.5. The minimum absolute atomic E-state index is 0.0792. The lowest BCUT2D eigenvalue weighted by atomic mass is 9.89. The van der Waals surface area contributed by atoms with Gasteiger partial charge in [-0.05, 0) is 82.7 Å². The number of carbonyl (C=O) groups is 2. The van der Waals surface area contributed by atoms with E-state index in [1.54, 1.807) is 19.1 Å². The molecule has 190 valence electrons. The molecule has 3 rings (SSSR count). The number of fused-ring (bicyclic) bond motifs is 1. The average molecular weight is 484 g/mol. The van der Waals surface area contributed by atoms with Gasteiger partial charge in [0, 0.05) is 23.2 Å². The van der Waals surface area contributed by atoms with Crippen LogP contribution < -0.4 is 10.1 Å². The van der Waals surface area contributed by atoms with Crippen molar-refractivity contribution in [3.63, 3.8) is 0 Å². The minimum atomic E-state index is -0.968. The maximum absolute atomic E-state index is 12.9. The molecule has 0 bridgehead atoms. The molecule has 35 heavy (non-hydrogen) atoms. The summed E-state index contributed by atoms with van der Waals surface area (Å²) in [6.07, 6.45) is -0.223. The standard InChI is InChI=1S/C28H37NO6/c1-6-34-24(32)15-21(31)14-20(30)12-13-22-17(2)25(29-27(33)19-10-8-7-9-11-19)18(3)23-16-28(4,5)35-26(22)23/h7-11,20-21,30-31H,6,12-16H2,1-5H3,(H,29,33). The van der Waals surface area contributed by atoms with Gasteiger partial charge >= 0.3 is 5.97 Å². The second-order valence-electron chi connectivity index (χ2n) is 9.86. The summed E-state index contributed by atoms with van der Waals surface area (Å²) in [6, 6.07) is 9.08. The Morgan fingerprint density at radius 2 is 1.80 bits per heavy atom. The Balaban J connectivity index is 1.81. The number of benzene rings is 2. The number of carbonyl (C=O) groups excluding carboxylic acids is 2. The van der Waals surface area contributed by atoms with Crippen molar-refractivity contribution >= 4 is 17.6 Å². The number of aliphatic hydroxyl groups is 2. The molecule has 0 aliphatic carbocycles. The maximum atomic E-state index is 12.9. The van der Waals surface area contributed by atoms with Gasteiger partial charge in [-0.3, -0.25) is 9.59 Å². The fraction of sp³-hybridized carbons (Fsp3) is 0.500. The number of anilines is 1. The molecule has 1 aliphatic rings. The van der Waals surface area contributed by atoms with Gasteiger partial charge in [-0.25, -0.2) is 0 Å². The lowest BCUT2D eigenvalue weighted by molar-refractivity contribution is -0.145. The van der Waals surface area contributed by atoms with E-state index in [-0.39, 0.29) is 31.0 Å². The smallest absolute Gasteiger partial charge is 0.308 e. The monoisotopic (exact) mass is 483 g/mol. The third-order valence-electron chi connectivity index (χ3n) is 6.44. The zero-order valence-corrected chi connectivity index (χ0v) is 21.3. The molecule has 0 spiro atoms. The SMILES string of the molecule is CCOC(=O)CC(O)CC(O)CCc1c(C)c(NC(=O)c2ccccc2)c(C)c2c1OC(C)(C)C2. The molecule has 0 saturated heterocycles. The third-order valence-corrected chi connectivity index (χ3v) is 6.44. The van der Waals surface area contributed by atoms with Gasteiger partial charge in [-0.1, -0.05) is 18.2 Å². The summed E-state index contributed by atoms with van der Waals surface area (Å²) < 4.78 is 11.2. The highest BCUT2D eigenvalue weighted by atomic mass is 16.5. The quantitative estimate of drug-likeness (QED) is 0.436. The molecule has 1 amide bonds. The summed E-state index contributed by atoms with van der Waals surface area (Å²) in [5.41, 5.74) is 4.88. The van der Waals surface area contributed by atoms with Crippen LogP contribution in [0.4, 0.5) is 5.69 Å². The van der Waals surface area contributed by atoms with Crippen molar-refractivity contribution in [3.05, 3.63) is 58.1 Å². The van der Waals surface area contributed by atoms with Crippen molar-refractivity contribution in [1.82, 2.24) is 0 Å². The number of hydrogen-bond acceptors (Lipinski definition) is 6. The summed E-state index contributed by atoms with van der Waals surface area (Å²) in [7, 11) is 0. The van der Waals surface area contributed by atoms with Gasteiger partial charge in [0.25, 0.3) is 5.91 Å². The highest BCUT2D eigenvalue weighted by molar-refractivity contribution is 6.05. The van der Waals surface area contributed by atoms with Crippen molar-refractivity contribution in [2.45, 2.75) is 84.5 Å². The number of esters is 1. The van der Waals surface area contributed by atoms with E-state index < -0.39 is 18.2 Å². The highest BCUT2D eigenvalue weighted by Crippen LogP contribution is 2.45. The Labute approximate surface area is 207 Å². The van der Waals surface area contributed by atoms with Crippen LogP contribution in [0.25, 0.3) is 0 Å². The number of amides is 1. The van der Waals surface area contributed by atoms with Crippen LogP contribution in [-0.2, 0) is 22.4 Å². The van der Waals surface area contributed by atoms with Crippen molar-refractivity contribution < 1.29 is 29.3 Å². The van der Waals surface area contributed by atoms with Crippen molar-refractivity contribution in [3.8, 4) is 5.75 Å². The Morgan fingerprint density at radius 1 is 1.11 bits per heavy atom. The van der Waals surface area contributed by atoms with Crippen molar-refractivity contribution in [2.24, 2.45) is 0 Å². The molecule has 3 N–H and O–H groups in total. The Bertz CT molecular complexity index is 1060. The first-order valence-corrected chi connectivity index (χ1v) is 12.2. The Morgan fingerprint density at radius 3 is 2.46 bits per heavy atom. The zero-order valence-electron chi connectivity index (χ0n) is 21.3. The summed E-state index contributed by atoms with van der Waals surface area (Å²) in [5.74, 6) is 0.166. The number of aliphatic hydroxyl groups excluding tert-OH is 2. The highest BCUT2D eigenvalue weighted by Gasteiger charge is 2.35. The summed E-state index contributed by atoms with van der Waals surface area (Å²) >= 11 is 0. The van der Waals surface area contributed by atoms with Gasteiger partial charge in [-0.2, -0.15) is 0 Å². The van der Waals surface area contributed by atoms with E-state index >= 15 is 0 Å². The van der Waals surface area contributed by atoms with Gasteiger partial charge in [-0.15, -0.1) is 0 Å². The molecule has 1 aliphatic heterocycles. The predicted octanol–water partition coefficient (Wildman–Crippen LogP) is 4.27. The summed E-state index contributed by atoms with van der Waals surface area (Å²) in [5, 5.41) is 23.8. The van der Waals surface area contributed by atoms with E-state index in [0.29, 0.717) is 18.4 Å². The Hall–Kier alpha value is -2.90. The molecule has 0 fully saturated rings. The van der Waals surface area contributed by atoms with Gasteiger partial charge < -0.3 is 25.0 Å². The maximum Gasteiger partial charge on any atom is 0.308 e. The van der Waals surface area contributed by atoms with E-state index in [1.807, 2.05) is 45.9 Å². The van der Waals surface area contributed by atoms with Crippen LogP contribution in [0.1, 0.15) is 72.6 Å². The summed E-state index contributed by atoms with van der Waals surface area (Å²) in [4.78, 5) is 24.5. The normalized spacial score (nSPS) is 15.6. The van der Waals surface area contributed by atoms with Crippen LogP contribution in [0.5, 0.6) is 5.75 Å². The number of ether oxygens (including phenoxy) is 2. The lowest BCUT2D eigenvalue weighted by Gasteiger charge is -2.22. The minimum Gasteiger partial charge on any atom is -0.487 e. The largest absolute Gasteiger partial charge is 0.487 e. The topological polar surface area (TPSA) is 105 Å². The molecule has 7 heteroatoms. The second-order valence-corrected chi connectivity index (χ2v) is 9.86. The molecular weight excluding hydrogens is 446 g/mol. The molecule has 2 unspecified atom stereocenters. The molecule has 7 nitrogen and oxygen atoms in total. The van der Waals surface area contributed by atoms with Crippen LogP contribution in [0.2, 0.25) is 0 Å². The molecule has 2 aromatic rings. The summed E-state index contributed by atoms with van der Waals surface area (Å²) in [6.45, 7) is 10.00. The zero-order chi connectivity index (χ0) is 25.8. The fourth-order valence-electron chi connectivity index (χ4n) is 4.68. The molecule has 0 radical (unpaired) electrons. The molecule has 0 saturated carbocycles. The number of nitrogens with one attached hydrogen (secondary N) is 1. The van der Waals surface area contributed by atoms with Crippen LogP contribution in [-0.4, -0.2) is 46.5 Å². The van der Waals surface area contributed by atoms with Crippen molar-refractivity contribution in [1.29, 1.82) is 0 Å². The van der Waals surface area contributed by atoms with E-state index in [0.717, 1.165) is 40.1 Å². The molecule has 0 aromatic heterocycles. The molecular formula is C28H37NO6. The van der Waals surface area contributed by atoms with E-state index in [2.05, 4.69) is 5.32 Å². The number of hydrogen-bond donors (Lipinski definition) is 3. The van der Waals surface area contributed by atoms with Crippen molar-refractivity contribution in [2.75, 3.05) is 11.9 Å². The van der Waals surface area contributed by atoms with E-state index in [4.69, 9.17) is 9.47 Å². The van der Waals surface area contributed by atoms with E-state index in [9.17, 15) is 19.8 Å². The van der Waals surface area contributed by atoms with Crippen LogP contribution in [0.15, 0.2) is 30.3 Å². The van der Waals surface area contributed by atoms with Gasteiger partial charge in [0.1, 0.15) is 11.4 Å². The van der Waals surface area contributed by atoms with Crippen LogP contribution in [0, 0.1) is 13.8 Å². The van der Waals surface area contributed by atoms with Crippen LogP contribution >= 0.6 is 0 Å².